The number of benzene rings is 1. The van der Waals surface area contributed by atoms with Crippen LogP contribution in [0.2, 0.25) is 0 Å². The largest absolute Gasteiger partial charge is 0.349 e. The van der Waals surface area contributed by atoms with Gasteiger partial charge in [-0.05, 0) is 62.5 Å². The van der Waals surface area contributed by atoms with E-state index in [0.29, 0.717) is 35.0 Å². The van der Waals surface area contributed by atoms with Gasteiger partial charge in [0, 0.05) is 29.1 Å². The number of carbonyl (C=O) groups is 1. The fraction of sp³-hybridized carbons (Fsp3) is 0.571. The van der Waals surface area contributed by atoms with Gasteiger partial charge in [-0.25, -0.2) is 0 Å². The zero-order chi connectivity index (χ0) is 18.4. The maximum absolute atomic E-state index is 12.9. The molecule has 1 aromatic heterocycles. The molecule has 6 nitrogen and oxygen atoms in total. The fourth-order valence-corrected chi connectivity index (χ4v) is 4.91. The van der Waals surface area contributed by atoms with Crippen LogP contribution in [-0.4, -0.2) is 28.1 Å². The molecule has 150 valence electrons. The molecular formula is C21H27ClN4O2. The Morgan fingerprint density at radius 2 is 1.89 bits per heavy atom. The average molecular weight is 403 g/mol. The lowest BCUT2D eigenvalue weighted by molar-refractivity contribution is 0.0756. The van der Waals surface area contributed by atoms with E-state index in [-0.39, 0.29) is 30.4 Å². The first-order valence-electron chi connectivity index (χ1n) is 10.2. The number of nitrogens with zero attached hydrogens (tertiary/aromatic N) is 2. The zero-order valence-corrected chi connectivity index (χ0v) is 16.7. The molecule has 2 bridgehead atoms. The van der Waals surface area contributed by atoms with Crippen LogP contribution in [0.15, 0.2) is 28.8 Å². The van der Waals surface area contributed by atoms with Gasteiger partial charge < -0.3 is 15.6 Å². The topological polar surface area (TPSA) is 94.0 Å². The summed E-state index contributed by atoms with van der Waals surface area (Å²) in [7, 11) is 0. The first-order valence-corrected chi connectivity index (χ1v) is 10.2. The molecule has 5 rings (SSSR count). The summed E-state index contributed by atoms with van der Waals surface area (Å²) >= 11 is 0. The predicted octanol–water partition coefficient (Wildman–Crippen LogP) is 3.67. The van der Waals surface area contributed by atoms with Crippen molar-refractivity contribution in [1.29, 1.82) is 0 Å². The smallest absolute Gasteiger partial charge is 0.251 e. The van der Waals surface area contributed by atoms with Crippen LogP contribution in [0.25, 0.3) is 11.4 Å². The Labute approximate surface area is 171 Å². The van der Waals surface area contributed by atoms with E-state index in [4.69, 9.17) is 10.3 Å². The lowest BCUT2D eigenvalue weighted by atomic mass is 9.67. The second kappa shape index (κ2) is 7.84. The Kier molecular flexibility index (Phi) is 5.43. The number of halogens is 1. The van der Waals surface area contributed by atoms with Crippen molar-refractivity contribution in [3.05, 3.63) is 35.7 Å². The van der Waals surface area contributed by atoms with Crippen LogP contribution in [0, 0.1) is 11.8 Å². The molecule has 2 unspecified atom stereocenters. The summed E-state index contributed by atoms with van der Waals surface area (Å²) in [6.45, 7) is 0. The van der Waals surface area contributed by atoms with Crippen LogP contribution in [0.4, 0.5) is 0 Å². The van der Waals surface area contributed by atoms with Gasteiger partial charge in [-0.15, -0.1) is 12.4 Å². The SMILES string of the molecule is Cl.NC1CC2CCCC(C1)C2NC(=O)c1cccc(-c2noc(C3CC3)n2)c1. The molecular weight excluding hydrogens is 376 g/mol. The Bertz CT molecular complexity index is 836. The molecule has 1 amide bonds. The van der Waals surface area contributed by atoms with Crippen molar-refractivity contribution in [3.63, 3.8) is 0 Å². The van der Waals surface area contributed by atoms with E-state index in [1.54, 1.807) is 0 Å². The highest BCUT2D eigenvalue weighted by Gasteiger charge is 2.40. The fourth-order valence-electron chi connectivity index (χ4n) is 4.91. The zero-order valence-electron chi connectivity index (χ0n) is 15.8. The van der Waals surface area contributed by atoms with Gasteiger partial charge in [-0.3, -0.25) is 4.79 Å². The molecule has 0 aliphatic heterocycles. The van der Waals surface area contributed by atoms with Crippen LogP contribution < -0.4 is 11.1 Å². The van der Waals surface area contributed by atoms with Gasteiger partial charge in [0.2, 0.25) is 11.7 Å². The van der Waals surface area contributed by atoms with Crippen LogP contribution in [-0.2, 0) is 0 Å². The Morgan fingerprint density at radius 1 is 1.14 bits per heavy atom. The predicted molar refractivity (Wildman–Crippen MR) is 108 cm³/mol. The third-order valence-electron chi connectivity index (χ3n) is 6.43. The minimum atomic E-state index is -0.0138. The maximum Gasteiger partial charge on any atom is 0.251 e. The van der Waals surface area contributed by atoms with E-state index in [2.05, 4.69) is 15.5 Å². The summed E-state index contributed by atoms with van der Waals surface area (Å²) in [4.78, 5) is 17.4. The molecule has 3 fully saturated rings. The number of amides is 1. The molecule has 1 aromatic carbocycles. The molecule has 0 spiro atoms. The maximum atomic E-state index is 12.9. The van der Waals surface area contributed by atoms with E-state index in [9.17, 15) is 4.79 Å². The van der Waals surface area contributed by atoms with E-state index >= 15 is 0 Å². The molecule has 1 heterocycles. The quantitative estimate of drug-likeness (QED) is 0.813. The molecule has 3 aliphatic rings. The van der Waals surface area contributed by atoms with E-state index in [1.165, 1.54) is 19.3 Å². The standard InChI is InChI=1S/C21H26N4O2.ClH/c22-17-10-13-3-1-4-14(11-17)18(13)23-20(26)16-6-2-5-15(9-16)19-24-21(27-25-19)12-7-8-12;/h2,5-6,9,12-14,17-18H,1,3-4,7-8,10-11,22H2,(H,23,26);1H. The molecule has 3 saturated carbocycles. The van der Waals surface area contributed by atoms with Gasteiger partial charge >= 0.3 is 0 Å². The highest BCUT2D eigenvalue weighted by atomic mass is 35.5. The Morgan fingerprint density at radius 3 is 2.61 bits per heavy atom. The molecule has 0 saturated heterocycles. The van der Waals surface area contributed by atoms with E-state index < -0.39 is 0 Å². The summed E-state index contributed by atoms with van der Waals surface area (Å²) in [6, 6.07) is 8.06. The van der Waals surface area contributed by atoms with Crippen molar-refractivity contribution in [2.45, 2.75) is 62.9 Å². The first-order chi connectivity index (χ1) is 13.2. The van der Waals surface area contributed by atoms with Gasteiger partial charge in [0.25, 0.3) is 5.91 Å². The van der Waals surface area contributed by atoms with Crippen molar-refractivity contribution in [3.8, 4) is 11.4 Å². The monoisotopic (exact) mass is 402 g/mol. The van der Waals surface area contributed by atoms with Crippen molar-refractivity contribution >= 4 is 18.3 Å². The minimum Gasteiger partial charge on any atom is -0.349 e. The van der Waals surface area contributed by atoms with Crippen LogP contribution in [0.3, 0.4) is 0 Å². The Balaban J connectivity index is 0.00000192. The van der Waals surface area contributed by atoms with Crippen LogP contribution in [0.1, 0.15) is 67.1 Å². The molecule has 28 heavy (non-hydrogen) atoms. The van der Waals surface area contributed by atoms with E-state index in [1.807, 2.05) is 24.3 Å². The number of hydrogen-bond acceptors (Lipinski definition) is 5. The molecule has 7 heteroatoms. The number of aromatic nitrogens is 2. The number of nitrogens with one attached hydrogen (secondary N) is 1. The number of carbonyl (C=O) groups excluding carboxylic acids is 1. The average Bonchev–Trinajstić information content (AvgIpc) is 3.39. The summed E-state index contributed by atoms with van der Waals surface area (Å²) in [5, 5.41) is 7.40. The van der Waals surface area contributed by atoms with Crippen molar-refractivity contribution in [2.24, 2.45) is 17.6 Å². The molecule has 3 aliphatic carbocycles. The third-order valence-corrected chi connectivity index (χ3v) is 6.43. The lowest BCUT2D eigenvalue weighted by Crippen LogP contribution is -2.53. The second-order valence-corrected chi connectivity index (χ2v) is 8.49. The summed E-state index contributed by atoms with van der Waals surface area (Å²) in [5.41, 5.74) is 7.68. The molecule has 3 N–H and O–H groups in total. The van der Waals surface area contributed by atoms with Gasteiger partial charge in [-0.2, -0.15) is 4.98 Å². The number of fused-ring (bicyclic) bond motifs is 2. The Hall–Kier alpha value is -1.92. The van der Waals surface area contributed by atoms with Gasteiger partial charge in [0.05, 0.1) is 0 Å². The van der Waals surface area contributed by atoms with Crippen molar-refractivity contribution < 1.29 is 9.32 Å². The van der Waals surface area contributed by atoms with Gasteiger partial charge in [0.1, 0.15) is 0 Å². The van der Waals surface area contributed by atoms with Crippen molar-refractivity contribution in [2.75, 3.05) is 0 Å². The van der Waals surface area contributed by atoms with Crippen LogP contribution in [0.5, 0.6) is 0 Å². The second-order valence-electron chi connectivity index (χ2n) is 8.49. The lowest BCUT2D eigenvalue weighted by Gasteiger charge is -2.45. The minimum absolute atomic E-state index is 0. The number of nitrogens with two attached hydrogens (primary N) is 1. The molecule has 0 radical (unpaired) electrons. The normalized spacial score (nSPS) is 29.0. The summed E-state index contributed by atoms with van der Waals surface area (Å²) in [5.74, 6) is 2.71. The first kappa shape index (κ1) is 19.4. The summed E-state index contributed by atoms with van der Waals surface area (Å²) in [6.07, 6.45) is 7.88. The summed E-state index contributed by atoms with van der Waals surface area (Å²) < 4.78 is 5.35. The van der Waals surface area contributed by atoms with E-state index in [0.717, 1.165) is 31.2 Å². The van der Waals surface area contributed by atoms with Gasteiger partial charge in [0.15, 0.2) is 0 Å². The third kappa shape index (κ3) is 3.80. The van der Waals surface area contributed by atoms with Gasteiger partial charge in [-0.1, -0.05) is 23.7 Å². The number of hydrogen-bond donors (Lipinski definition) is 2. The van der Waals surface area contributed by atoms with Crippen molar-refractivity contribution in [1.82, 2.24) is 15.5 Å². The van der Waals surface area contributed by atoms with Crippen LogP contribution >= 0.6 is 12.4 Å². The highest BCUT2D eigenvalue weighted by Crippen LogP contribution is 2.40. The molecule has 2 atom stereocenters. The molecule has 2 aromatic rings. The number of rotatable bonds is 4. The highest BCUT2D eigenvalue weighted by molar-refractivity contribution is 5.95.